The maximum atomic E-state index is 13.9. The molecule has 0 aromatic heterocycles. The molecule has 2 aliphatic carbocycles. The number of carboxylic acid groups (broad SMARTS) is 1. The van der Waals surface area contributed by atoms with Gasteiger partial charge in [-0.1, -0.05) is 61.4 Å². The van der Waals surface area contributed by atoms with Crippen molar-refractivity contribution in [1.82, 2.24) is 14.7 Å². The van der Waals surface area contributed by atoms with E-state index in [2.05, 4.69) is 12.1 Å². The van der Waals surface area contributed by atoms with Gasteiger partial charge in [0.25, 0.3) is 0 Å². The largest absolute Gasteiger partial charge is 0.481 e. The van der Waals surface area contributed by atoms with Gasteiger partial charge in [0, 0.05) is 33.6 Å². The number of carbonyl (C=O) groups is 4. The fraction of sp³-hybridized carbons (Fsp3) is 0.484. The highest BCUT2D eigenvalue weighted by Crippen LogP contribution is 2.44. The van der Waals surface area contributed by atoms with Gasteiger partial charge in [-0.3, -0.25) is 19.3 Å². The summed E-state index contributed by atoms with van der Waals surface area (Å²) in [4.78, 5) is 55.9. The summed E-state index contributed by atoms with van der Waals surface area (Å²) >= 11 is 0. The van der Waals surface area contributed by atoms with E-state index in [1.165, 1.54) is 21.7 Å². The van der Waals surface area contributed by atoms with Crippen molar-refractivity contribution in [3.05, 3.63) is 59.7 Å². The molecular weight excluding hydrogens is 510 g/mol. The second-order valence-corrected chi connectivity index (χ2v) is 10.8. The molecule has 1 fully saturated rings. The van der Waals surface area contributed by atoms with Crippen LogP contribution in [0.25, 0.3) is 11.1 Å². The quantitative estimate of drug-likeness (QED) is 0.476. The van der Waals surface area contributed by atoms with Crippen LogP contribution in [0.15, 0.2) is 48.5 Å². The Bertz CT molecular complexity index is 1210. The third kappa shape index (κ3) is 5.83. The number of carbonyl (C=O) groups excluding carboxylic acids is 3. The minimum atomic E-state index is -1.18. The van der Waals surface area contributed by atoms with Gasteiger partial charge in [-0.25, -0.2) is 4.79 Å². The molecule has 0 bridgehead atoms. The van der Waals surface area contributed by atoms with Gasteiger partial charge in [-0.15, -0.1) is 0 Å². The highest BCUT2D eigenvalue weighted by Gasteiger charge is 2.42. The lowest BCUT2D eigenvalue weighted by atomic mass is 9.95. The van der Waals surface area contributed by atoms with Crippen LogP contribution in [0.2, 0.25) is 0 Å². The monoisotopic (exact) mass is 549 g/mol. The SMILES string of the molecule is CCN(C)C(=O)C(CC(=O)O)N(C)C(=O)C(C1CCCC1)N(C)C(=O)OCC1c2ccccc2-c2ccccc21. The highest BCUT2D eigenvalue weighted by atomic mass is 16.6. The molecule has 0 saturated heterocycles. The van der Waals surface area contributed by atoms with Gasteiger partial charge in [-0.05, 0) is 47.9 Å². The van der Waals surface area contributed by atoms with Crippen LogP contribution in [0, 0.1) is 5.92 Å². The van der Waals surface area contributed by atoms with Gasteiger partial charge >= 0.3 is 12.1 Å². The molecule has 4 rings (SSSR count). The minimum Gasteiger partial charge on any atom is -0.481 e. The average molecular weight is 550 g/mol. The molecular formula is C31H39N3O6. The van der Waals surface area contributed by atoms with Crippen molar-refractivity contribution < 1.29 is 29.0 Å². The first kappa shape index (κ1) is 29.1. The first-order valence-electron chi connectivity index (χ1n) is 14.0. The first-order valence-corrected chi connectivity index (χ1v) is 14.0. The molecule has 0 heterocycles. The van der Waals surface area contributed by atoms with Crippen LogP contribution in [0.1, 0.15) is 56.1 Å². The van der Waals surface area contributed by atoms with Crippen LogP contribution in [-0.2, 0) is 19.1 Å². The molecule has 2 aromatic carbocycles. The van der Waals surface area contributed by atoms with Crippen LogP contribution in [-0.4, -0.2) is 90.1 Å². The van der Waals surface area contributed by atoms with Crippen molar-refractivity contribution in [1.29, 1.82) is 0 Å². The number of amides is 3. The lowest BCUT2D eigenvalue weighted by Gasteiger charge is -2.37. The average Bonchev–Trinajstić information content (AvgIpc) is 3.60. The normalized spacial score (nSPS) is 16.0. The van der Waals surface area contributed by atoms with Gasteiger partial charge in [0.1, 0.15) is 18.7 Å². The first-order chi connectivity index (χ1) is 19.1. The highest BCUT2D eigenvalue weighted by molar-refractivity contribution is 5.93. The number of hydrogen-bond donors (Lipinski definition) is 1. The molecule has 0 spiro atoms. The van der Waals surface area contributed by atoms with E-state index in [0.717, 1.165) is 47.9 Å². The Kier molecular flexibility index (Phi) is 9.12. The second kappa shape index (κ2) is 12.5. The molecule has 1 N–H and O–H groups in total. The van der Waals surface area contributed by atoms with E-state index in [9.17, 15) is 24.3 Å². The van der Waals surface area contributed by atoms with E-state index >= 15 is 0 Å². The number of benzene rings is 2. The van der Waals surface area contributed by atoms with Crippen molar-refractivity contribution in [3.8, 4) is 11.1 Å². The molecule has 1 saturated carbocycles. The number of fused-ring (bicyclic) bond motifs is 3. The smallest absolute Gasteiger partial charge is 0.410 e. The lowest BCUT2D eigenvalue weighted by Crippen LogP contribution is -2.57. The van der Waals surface area contributed by atoms with E-state index in [-0.39, 0.29) is 18.4 Å². The molecule has 3 amide bonds. The number of rotatable bonds is 10. The summed E-state index contributed by atoms with van der Waals surface area (Å²) in [6.07, 6.45) is 2.26. The summed E-state index contributed by atoms with van der Waals surface area (Å²) in [7, 11) is 4.58. The summed E-state index contributed by atoms with van der Waals surface area (Å²) in [6.45, 7) is 2.28. The molecule has 2 aliphatic rings. The van der Waals surface area contributed by atoms with E-state index in [1.807, 2.05) is 36.4 Å². The number of nitrogens with zero attached hydrogens (tertiary/aromatic N) is 3. The van der Waals surface area contributed by atoms with Gasteiger partial charge in [0.2, 0.25) is 11.8 Å². The Hall–Kier alpha value is -3.88. The zero-order valence-electron chi connectivity index (χ0n) is 23.7. The number of aliphatic carboxylic acids is 1. The zero-order chi connectivity index (χ0) is 29.0. The number of hydrogen-bond acceptors (Lipinski definition) is 5. The molecule has 2 unspecified atom stereocenters. The minimum absolute atomic E-state index is 0.107. The van der Waals surface area contributed by atoms with Crippen molar-refractivity contribution in [2.45, 2.75) is 57.0 Å². The van der Waals surface area contributed by atoms with E-state index in [1.54, 1.807) is 21.0 Å². The van der Waals surface area contributed by atoms with Crippen LogP contribution in [0.3, 0.4) is 0 Å². The predicted molar refractivity (Wildman–Crippen MR) is 151 cm³/mol. The van der Waals surface area contributed by atoms with Crippen molar-refractivity contribution in [2.24, 2.45) is 5.92 Å². The van der Waals surface area contributed by atoms with E-state index in [0.29, 0.717) is 6.54 Å². The topological polar surface area (TPSA) is 107 Å². The summed E-state index contributed by atoms with van der Waals surface area (Å²) < 4.78 is 5.85. The molecule has 0 radical (unpaired) electrons. The summed E-state index contributed by atoms with van der Waals surface area (Å²) in [5.41, 5.74) is 4.44. The Morgan fingerprint density at radius 3 is 1.95 bits per heavy atom. The zero-order valence-corrected chi connectivity index (χ0v) is 23.7. The molecule has 2 aromatic rings. The number of ether oxygens (including phenoxy) is 1. The maximum absolute atomic E-state index is 13.9. The standard InChI is InChI=1S/C31H39N3O6/c1-5-32(2)29(37)26(18-27(35)36)33(3)30(38)28(20-12-6-7-13-20)34(4)31(39)40-19-25-23-16-10-8-14-21(23)22-15-9-11-17-24(22)25/h8-11,14-17,20,25-26,28H,5-7,12-13,18-19H2,1-4H3,(H,35,36). The van der Waals surface area contributed by atoms with Crippen molar-refractivity contribution in [3.63, 3.8) is 0 Å². The molecule has 9 heteroatoms. The second-order valence-electron chi connectivity index (χ2n) is 10.8. The summed E-state index contributed by atoms with van der Waals surface area (Å²) in [5, 5.41) is 9.49. The molecule has 9 nitrogen and oxygen atoms in total. The van der Waals surface area contributed by atoms with Gasteiger partial charge in [0.15, 0.2) is 0 Å². The van der Waals surface area contributed by atoms with E-state index < -0.39 is 42.4 Å². The third-order valence-electron chi connectivity index (χ3n) is 8.46. The Labute approximate surface area is 235 Å². The maximum Gasteiger partial charge on any atom is 0.410 e. The third-order valence-corrected chi connectivity index (χ3v) is 8.46. The van der Waals surface area contributed by atoms with Crippen LogP contribution < -0.4 is 0 Å². The molecule has 214 valence electrons. The molecule has 0 aliphatic heterocycles. The molecule has 2 atom stereocenters. The predicted octanol–water partition coefficient (Wildman–Crippen LogP) is 4.21. The lowest BCUT2D eigenvalue weighted by molar-refractivity contribution is -0.151. The van der Waals surface area contributed by atoms with Crippen molar-refractivity contribution >= 4 is 23.9 Å². The summed E-state index contributed by atoms with van der Waals surface area (Å²) in [6, 6.07) is 14.1. The number of likely N-dealkylation sites (N-methyl/N-ethyl adjacent to an activating group) is 3. The van der Waals surface area contributed by atoms with Gasteiger partial charge in [-0.2, -0.15) is 0 Å². The summed E-state index contributed by atoms with van der Waals surface area (Å²) in [5.74, 6) is -2.30. The van der Waals surface area contributed by atoms with Crippen LogP contribution in [0.4, 0.5) is 4.79 Å². The van der Waals surface area contributed by atoms with Gasteiger partial charge in [0.05, 0.1) is 6.42 Å². The van der Waals surface area contributed by atoms with Crippen LogP contribution in [0.5, 0.6) is 0 Å². The van der Waals surface area contributed by atoms with Crippen molar-refractivity contribution in [2.75, 3.05) is 34.3 Å². The fourth-order valence-electron chi connectivity index (χ4n) is 6.09. The molecule has 40 heavy (non-hydrogen) atoms. The Morgan fingerprint density at radius 1 is 0.875 bits per heavy atom. The Balaban J connectivity index is 1.54. The fourth-order valence-corrected chi connectivity index (χ4v) is 6.09. The van der Waals surface area contributed by atoms with E-state index in [4.69, 9.17) is 4.74 Å². The van der Waals surface area contributed by atoms with Crippen LogP contribution >= 0.6 is 0 Å². The Morgan fingerprint density at radius 2 is 1.43 bits per heavy atom. The number of carboxylic acids is 1. The van der Waals surface area contributed by atoms with Gasteiger partial charge < -0.3 is 19.6 Å².